The van der Waals surface area contributed by atoms with Crippen molar-refractivity contribution in [2.45, 2.75) is 24.9 Å². The van der Waals surface area contributed by atoms with Crippen LogP contribution in [0.1, 0.15) is 12.8 Å². The van der Waals surface area contributed by atoms with Crippen molar-refractivity contribution >= 4 is 17.6 Å². The average molecular weight is 385 g/mol. The van der Waals surface area contributed by atoms with Crippen LogP contribution in [0.15, 0.2) is 0 Å². The van der Waals surface area contributed by atoms with Crippen LogP contribution in [-0.2, 0) is 26.6 Å². The normalized spacial score (nSPS) is 13.0. The number of rotatable bonds is 16. The predicted octanol–water partition coefficient (Wildman–Crippen LogP) is 0.784. The van der Waals surface area contributed by atoms with Gasteiger partial charge in [0.25, 0.3) is 0 Å². The van der Waals surface area contributed by atoms with Crippen molar-refractivity contribution in [3.8, 4) is 0 Å². The maximum atomic E-state index is 5.73. The van der Waals surface area contributed by atoms with Crippen LogP contribution < -0.4 is 5.73 Å². The molecule has 0 aromatic rings. The van der Waals surface area contributed by atoms with Crippen LogP contribution in [0.3, 0.4) is 0 Å². The van der Waals surface area contributed by atoms with Crippen LogP contribution in [0, 0.1) is 0 Å². The summed E-state index contributed by atoms with van der Waals surface area (Å²) in [5, 5.41) is 0. The van der Waals surface area contributed by atoms with Crippen molar-refractivity contribution in [2.24, 2.45) is 5.73 Å². The van der Waals surface area contributed by atoms with E-state index in [-0.39, 0.29) is 0 Å². The molecule has 24 heavy (non-hydrogen) atoms. The Kier molecular flexibility index (Phi) is 13.4. The van der Waals surface area contributed by atoms with Gasteiger partial charge in [0.15, 0.2) is 0 Å². The molecule has 0 radical (unpaired) electrons. The Morgan fingerprint density at radius 1 is 0.625 bits per heavy atom. The van der Waals surface area contributed by atoms with Crippen LogP contribution in [-0.4, -0.2) is 91.3 Å². The van der Waals surface area contributed by atoms with Gasteiger partial charge in [-0.3, -0.25) is 0 Å². The van der Waals surface area contributed by atoms with Gasteiger partial charge in [0.05, 0.1) is 0 Å². The van der Waals surface area contributed by atoms with Gasteiger partial charge in [-0.1, -0.05) is 0 Å². The number of hydrogen-bond acceptors (Lipinski definition) is 8. The maximum absolute atomic E-state index is 5.73. The first-order valence-electron chi connectivity index (χ1n) is 8.24. The zero-order valence-electron chi connectivity index (χ0n) is 16.1. The van der Waals surface area contributed by atoms with Gasteiger partial charge in [0, 0.05) is 67.8 Å². The van der Waals surface area contributed by atoms with Gasteiger partial charge in [-0.25, -0.2) is 0 Å². The molecular formula is C14H36N2O6Si2. The van der Waals surface area contributed by atoms with Crippen LogP contribution in [0.4, 0.5) is 0 Å². The Labute approximate surface area is 149 Å². The van der Waals surface area contributed by atoms with Crippen molar-refractivity contribution in [2.75, 3.05) is 68.8 Å². The second-order valence-electron chi connectivity index (χ2n) is 5.43. The second-order valence-corrected chi connectivity index (χ2v) is 11.6. The predicted molar refractivity (Wildman–Crippen MR) is 97.9 cm³/mol. The highest BCUT2D eigenvalue weighted by Crippen LogP contribution is 2.17. The van der Waals surface area contributed by atoms with Gasteiger partial charge in [-0.15, -0.1) is 0 Å². The summed E-state index contributed by atoms with van der Waals surface area (Å²) < 4.78 is 32.7. The third kappa shape index (κ3) is 8.00. The van der Waals surface area contributed by atoms with E-state index in [4.69, 9.17) is 32.3 Å². The Hall–Kier alpha value is 0.114. The Morgan fingerprint density at radius 3 is 1.21 bits per heavy atom. The summed E-state index contributed by atoms with van der Waals surface area (Å²) in [6.07, 6.45) is 1.87. The number of hydrogen-bond donors (Lipinski definition) is 1. The molecule has 0 bridgehead atoms. The van der Waals surface area contributed by atoms with Crippen molar-refractivity contribution in [1.82, 2.24) is 4.90 Å². The van der Waals surface area contributed by atoms with E-state index in [2.05, 4.69) is 4.90 Å². The molecule has 0 rings (SSSR count). The molecule has 0 aromatic carbocycles. The first-order chi connectivity index (χ1) is 11.5. The summed E-state index contributed by atoms with van der Waals surface area (Å²) in [5.41, 5.74) is 5.73. The first kappa shape index (κ1) is 24.1. The third-order valence-electron chi connectivity index (χ3n) is 4.23. The maximum Gasteiger partial charge on any atom is 0.500 e. The molecule has 0 fully saturated rings. The van der Waals surface area contributed by atoms with Gasteiger partial charge in [0.2, 0.25) is 0 Å². The van der Waals surface area contributed by atoms with Crippen molar-refractivity contribution in [1.29, 1.82) is 0 Å². The van der Waals surface area contributed by atoms with Gasteiger partial charge < -0.3 is 37.2 Å². The monoisotopic (exact) mass is 384 g/mol. The Morgan fingerprint density at radius 2 is 0.958 bits per heavy atom. The summed E-state index contributed by atoms with van der Waals surface area (Å²) in [6.45, 7) is 3.32. The molecule has 146 valence electrons. The van der Waals surface area contributed by atoms with Crippen molar-refractivity contribution < 1.29 is 26.6 Å². The SMILES string of the molecule is CO[Si](CCCN(CCN)CCC[Si](OC)(OC)OC)(OC)OC. The van der Waals surface area contributed by atoms with Gasteiger partial charge in [0.1, 0.15) is 0 Å². The molecule has 0 atom stereocenters. The fourth-order valence-corrected chi connectivity index (χ4v) is 6.08. The summed E-state index contributed by atoms with van der Waals surface area (Å²) >= 11 is 0. The van der Waals surface area contributed by atoms with E-state index < -0.39 is 17.6 Å². The molecule has 0 aliphatic heterocycles. The van der Waals surface area contributed by atoms with E-state index >= 15 is 0 Å². The van der Waals surface area contributed by atoms with E-state index in [1.54, 1.807) is 42.7 Å². The lowest BCUT2D eigenvalue weighted by molar-refractivity contribution is 0.119. The summed E-state index contributed by atoms with van der Waals surface area (Å²) in [4.78, 5) is 2.33. The zero-order valence-corrected chi connectivity index (χ0v) is 18.1. The molecule has 8 nitrogen and oxygen atoms in total. The first-order valence-corrected chi connectivity index (χ1v) is 12.1. The minimum Gasteiger partial charge on any atom is -0.377 e. The highest BCUT2D eigenvalue weighted by Gasteiger charge is 2.38. The van der Waals surface area contributed by atoms with Crippen LogP contribution in [0.5, 0.6) is 0 Å². The second kappa shape index (κ2) is 13.3. The number of nitrogens with zero attached hydrogens (tertiary/aromatic N) is 1. The van der Waals surface area contributed by atoms with Gasteiger partial charge >= 0.3 is 17.6 Å². The van der Waals surface area contributed by atoms with Crippen LogP contribution >= 0.6 is 0 Å². The molecule has 0 aliphatic rings. The highest BCUT2D eigenvalue weighted by molar-refractivity contribution is 6.60. The van der Waals surface area contributed by atoms with Gasteiger partial charge in [-0.2, -0.15) is 0 Å². The molecule has 0 aliphatic carbocycles. The third-order valence-corrected chi connectivity index (χ3v) is 9.89. The van der Waals surface area contributed by atoms with E-state index in [0.29, 0.717) is 6.54 Å². The fraction of sp³-hybridized carbons (Fsp3) is 1.00. The van der Waals surface area contributed by atoms with E-state index in [0.717, 1.165) is 44.6 Å². The quantitative estimate of drug-likeness (QED) is 0.391. The van der Waals surface area contributed by atoms with Crippen LogP contribution in [0.2, 0.25) is 12.1 Å². The van der Waals surface area contributed by atoms with E-state index in [1.807, 2.05) is 0 Å². The Balaban J connectivity index is 4.35. The summed E-state index contributed by atoms with van der Waals surface area (Å²) in [5.74, 6) is 0. The standard InChI is InChI=1S/C14H36N2O6Si2/c1-17-23(18-2,19-3)13-7-10-16(12-9-15)11-8-14-24(20-4,21-5)22-6/h7-15H2,1-6H3. The molecule has 0 saturated carbocycles. The molecule has 0 saturated heterocycles. The van der Waals surface area contributed by atoms with Crippen molar-refractivity contribution in [3.05, 3.63) is 0 Å². The van der Waals surface area contributed by atoms with Crippen molar-refractivity contribution in [3.63, 3.8) is 0 Å². The van der Waals surface area contributed by atoms with Gasteiger partial charge in [-0.05, 0) is 25.9 Å². The highest BCUT2D eigenvalue weighted by atomic mass is 28.4. The smallest absolute Gasteiger partial charge is 0.377 e. The van der Waals surface area contributed by atoms with E-state index in [9.17, 15) is 0 Å². The number of nitrogens with two attached hydrogens (primary N) is 1. The molecule has 0 amide bonds. The average Bonchev–Trinajstić information content (AvgIpc) is 2.63. The Bertz CT molecular complexity index is 264. The zero-order chi connectivity index (χ0) is 18.5. The molecule has 2 N–H and O–H groups in total. The molecule has 0 spiro atoms. The topological polar surface area (TPSA) is 84.6 Å². The fourth-order valence-electron chi connectivity index (χ4n) is 2.67. The van der Waals surface area contributed by atoms with E-state index in [1.165, 1.54) is 0 Å². The molecule has 0 heterocycles. The molecule has 10 heteroatoms. The molecule has 0 unspecified atom stereocenters. The lowest BCUT2D eigenvalue weighted by Gasteiger charge is -2.28. The summed E-state index contributed by atoms with van der Waals surface area (Å²) in [6, 6.07) is 1.56. The summed E-state index contributed by atoms with van der Waals surface area (Å²) in [7, 11) is 4.85. The lowest BCUT2D eigenvalue weighted by atomic mass is 10.3. The molecular weight excluding hydrogens is 348 g/mol. The largest absolute Gasteiger partial charge is 0.500 e. The van der Waals surface area contributed by atoms with Crippen LogP contribution in [0.25, 0.3) is 0 Å². The minimum absolute atomic E-state index is 0.628. The lowest BCUT2D eigenvalue weighted by Crippen LogP contribution is -2.44. The minimum atomic E-state index is -2.50. The molecule has 0 aromatic heterocycles.